The summed E-state index contributed by atoms with van der Waals surface area (Å²) in [6.45, 7) is 26.7. The van der Waals surface area contributed by atoms with Gasteiger partial charge in [0.05, 0.1) is 55.4 Å². The van der Waals surface area contributed by atoms with Crippen LogP contribution in [0.3, 0.4) is 0 Å². The molecule has 62 heavy (non-hydrogen) atoms. The fourth-order valence-electron chi connectivity index (χ4n) is 7.66. The maximum absolute atomic E-state index is 12.8. The number of aliphatic hydroxyl groups excluding tert-OH is 1. The molecule has 0 aliphatic heterocycles. The molecule has 0 heterocycles. The third kappa shape index (κ3) is 18.8. The average Bonchev–Trinajstić information content (AvgIpc) is 3.24. The van der Waals surface area contributed by atoms with E-state index in [-0.39, 0.29) is 109 Å². The summed E-state index contributed by atoms with van der Waals surface area (Å²) in [5.74, 6) is -1.44. The number of esters is 2. The van der Waals surface area contributed by atoms with Crippen molar-refractivity contribution in [1.29, 1.82) is 0 Å². The van der Waals surface area contributed by atoms with E-state index in [9.17, 15) is 19.7 Å². The molecular formula is C48H80N2O9S2Zn. The van der Waals surface area contributed by atoms with Gasteiger partial charge in [0.1, 0.15) is 0 Å². The predicted molar refractivity (Wildman–Crippen MR) is 251 cm³/mol. The number of carbonyl (C=O) groups excluding carboxylic acids is 2. The van der Waals surface area contributed by atoms with Gasteiger partial charge in [-0.1, -0.05) is 90.8 Å². The molecule has 2 saturated carbocycles. The zero-order valence-corrected chi connectivity index (χ0v) is 44.8. The molecule has 0 aromatic heterocycles. The molecule has 3 N–H and O–H groups in total. The number of thioether (sulfide) groups is 2. The summed E-state index contributed by atoms with van der Waals surface area (Å²) in [6.07, 6.45) is 4.13. The molecule has 0 radical (unpaired) electrons. The van der Waals surface area contributed by atoms with Gasteiger partial charge in [-0.05, 0) is 96.9 Å². The Morgan fingerprint density at radius 2 is 1.05 bits per heavy atom. The minimum Gasteiger partial charge on any atom is -0.466 e. The van der Waals surface area contributed by atoms with Crippen LogP contribution in [-0.2, 0) is 48.0 Å². The Balaban J connectivity index is 0.00000107. The summed E-state index contributed by atoms with van der Waals surface area (Å²) < 4.78 is 23.6. The second-order valence-electron chi connectivity index (χ2n) is 15.6. The summed E-state index contributed by atoms with van der Waals surface area (Å²) in [5, 5.41) is 19.1. The number of hydrogen-bond donors (Lipinski definition) is 2. The Kier molecular flexibility index (Phi) is 31.5. The van der Waals surface area contributed by atoms with Gasteiger partial charge in [-0.3, -0.25) is 19.7 Å². The van der Waals surface area contributed by atoms with Crippen LogP contribution in [0, 0.1) is 47.6 Å². The molecule has 2 aromatic carbocycles. The fourth-order valence-corrected chi connectivity index (χ4v) is 10.5. The zero-order chi connectivity index (χ0) is 46.2. The number of nitrogens with zero attached hydrogens (tertiary/aromatic N) is 1. The van der Waals surface area contributed by atoms with E-state index in [1.807, 2.05) is 58.9 Å². The van der Waals surface area contributed by atoms with Crippen molar-refractivity contribution in [3.05, 3.63) is 69.8 Å². The zero-order valence-electron chi connectivity index (χ0n) is 40.2. The Labute approximate surface area is 395 Å². The topological polar surface area (TPSA) is 160 Å². The van der Waals surface area contributed by atoms with Crippen molar-refractivity contribution in [3.63, 3.8) is 0 Å². The molecule has 2 aliphatic rings. The second kappa shape index (κ2) is 32.6. The van der Waals surface area contributed by atoms with Gasteiger partial charge in [-0.2, -0.15) is 0 Å². The van der Waals surface area contributed by atoms with Crippen molar-refractivity contribution in [2.24, 2.45) is 29.4 Å². The van der Waals surface area contributed by atoms with Crippen LogP contribution in [0.1, 0.15) is 126 Å². The number of rotatable bonds is 17. The van der Waals surface area contributed by atoms with E-state index in [4.69, 9.17) is 29.8 Å². The van der Waals surface area contributed by atoms with Crippen molar-refractivity contribution in [3.8, 4) is 0 Å². The van der Waals surface area contributed by atoms with Crippen LogP contribution < -0.4 is 5.73 Å². The van der Waals surface area contributed by atoms with Crippen LogP contribution in [0.15, 0.2) is 58.3 Å². The average molecular weight is 959 g/mol. The minimum absolute atomic E-state index is 0. The number of nitrogens with two attached hydrogens (primary N) is 1. The molecular weight excluding hydrogens is 878 g/mol. The van der Waals surface area contributed by atoms with Crippen molar-refractivity contribution in [1.82, 2.24) is 0 Å². The van der Waals surface area contributed by atoms with E-state index in [1.165, 1.54) is 5.56 Å². The number of benzene rings is 2. The summed E-state index contributed by atoms with van der Waals surface area (Å²) >= 11 is 3.31. The van der Waals surface area contributed by atoms with Crippen molar-refractivity contribution >= 4 is 35.5 Å². The molecule has 2 aliphatic carbocycles. The molecule has 4 rings (SSSR count). The van der Waals surface area contributed by atoms with E-state index < -0.39 is 18.1 Å². The fraction of sp³-hybridized carbons (Fsp3) is 0.708. The standard InChI is InChI=1S/C22H33NO5S.C22H35NO3S.C2H6O.C2H6.Zn/c1-6-16(7-2)28-20-15(5)19(23(25)26)13-18(22(24)27-8-3)21(20)29-17-11-9-14(4)10-12-17;1-6-16(7-2)26-20-15(5)19(23)13-18(22(24)25-8-3)21(20)27-17-11-9-14(4)10-12-17;1-2-3;1-2;/h9-12,15-16,18-21H,6-8,13H2,1-5H3;9-12,15-16,18-21H,6-8,13,23H2,1-5H3;3H,2H2,1H3;1-2H3;/t2*15-,18-,19+,20+,21-;;;/m11.../s1. The Bertz CT molecular complexity index is 1510. The molecule has 0 saturated heterocycles. The van der Waals surface area contributed by atoms with Crippen LogP contribution in [0.4, 0.5) is 0 Å². The third-order valence-electron chi connectivity index (χ3n) is 11.3. The van der Waals surface area contributed by atoms with Gasteiger partial charge in [-0.25, -0.2) is 0 Å². The first-order valence-electron chi connectivity index (χ1n) is 22.7. The van der Waals surface area contributed by atoms with E-state index >= 15 is 0 Å². The second-order valence-corrected chi connectivity index (χ2v) is 18.1. The van der Waals surface area contributed by atoms with E-state index in [2.05, 4.69) is 65.8 Å². The van der Waals surface area contributed by atoms with Crippen molar-refractivity contribution < 1.29 is 58.0 Å². The molecule has 11 nitrogen and oxygen atoms in total. The van der Waals surface area contributed by atoms with Gasteiger partial charge in [0.15, 0.2) is 0 Å². The Morgan fingerprint density at radius 1 is 0.710 bits per heavy atom. The Hall–Kier alpha value is -2.06. The molecule has 2 aromatic rings. The summed E-state index contributed by atoms with van der Waals surface area (Å²) in [6, 6.07) is 15.7. The SMILES string of the molecule is CC.CCO.CCOC(=O)[C@@H]1C[C@H](N)[C@@H](C)[C@H](OC(CC)CC)[C@@H]1Sc1ccc(C)cc1.CCOC(=O)[C@@H]1C[C@H]([N+](=O)[O-])[C@@H](C)[C@H](OC(CC)CC)[C@@H]1Sc1ccc(C)cc1.[Zn]. The monoisotopic (exact) mass is 956 g/mol. The van der Waals surface area contributed by atoms with Crippen LogP contribution in [0.25, 0.3) is 0 Å². The van der Waals surface area contributed by atoms with Gasteiger partial charge in [0.2, 0.25) is 6.04 Å². The molecule has 0 spiro atoms. The molecule has 0 amide bonds. The first-order valence-corrected chi connectivity index (χ1v) is 24.5. The first kappa shape index (κ1) is 59.9. The molecule has 0 bridgehead atoms. The smallest absolute Gasteiger partial charge is 0.310 e. The number of carbonyl (C=O) groups is 2. The summed E-state index contributed by atoms with van der Waals surface area (Å²) in [5.41, 5.74) is 8.82. The van der Waals surface area contributed by atoms with Gasteiger partial charge < -0.3 is 29.8 Å². The van der Waals surface area contributed by atoms with E-state index in [0.717, 1.165) is 41.0 Å². The van der Waals surface area contributed by atoms with Gasteiger partial charge in [0, 0.05) is 63.8 Å². The quantitative estimate of drug-likeness (QED) is 0.0670. The predicted octanol–water partition coefficient (Wildman–Crippen LogP) is 10.5. The van der Waals surface area contributed by atoms with Gasteiger partial charge in [-0.15, -0.1) is 23.5 Å². The molecule has 0 unspecified atom stereocenters. The van der Waals surface area contributed by atoms with Gasteiger partial charge >= 0.3 is 11.9 Å². The normalized spacial score (nSPS) is 25.4. The van der Waals surface area contributed by atoms with E-state index in [1.54, 1.807) is 37.4 Å². The van der Waals surface area contributed by atoms with Gasteiger partial charge in [0.25, 0.3) is 0 Å². The van der Waals surface area contributed by atoms with E-state index in [0.29, 0.717) is 13.0 Å². The number of aliphatic hydroxyl groups is 1. The van der Waals surface area contributed by atoms with Crippen LogP contribution in [0.5, 0.6) is 0 Å². The van der Waals surface area contributed by atoms with Crippen LogP contribution in [-0.4, -0.2) is 88.8 Å². The largest absolute Gasteiger partial charge is 0.466 e. The number of hydrogen-bond acceptors (Lipinski definition) is 12. The van der Waals surface area contributed by atoms with Crippen molar-refractivity contribution in [2.45, 2.75) is 185 Å². The maximum atomic E-state index is 12.8. The molecule has 2 fully saturated rings. The number of aryl methyl sites for hydroxylation is 2. The third-order valence-corrected chi connectivity index (χ3v) is 14.2. The van der Waals surface area contributed by atoms with Crippen LogP contribution >= 0.6 is 23.5 Å². The molecule has 14 heteroatoms. The van der Waals surface area contributed by atoms with Crippen molar-refractivity contribution in [2.75, 3.05) is 19.8 Å². The van der Waals surface area contributed by atoms with Crippen LogP contribution in [0.2, 0.25) is 0 Å². The Morgan fingerprint density at radius 3 is 1.37 bits per heavy atom. The molecule has 350 valence electrons. The number of nitro groups is 1. The first-order chi connectivity index (χ1) is 29.1. The maximum Gasteiger partial charge on any atom is 0.310 e. The summed E-state index contributed by atoms with van der Waals surface area (Å²) in [7, 11) is 0. The number of ether oxygens (including phenoxy) is 4. The summed E-state index contributed by atoms with van der Waals surface area (Å²) in [4.78, 5) is 39.2. The minimum atomic E-state index is -0.821. The molecule has 10 atom stereocenters.